The fourth-order valence-electron chi connectivity index (χ4n) is 4.40. The van der Waals surface area contributed by atoms with Crippen LogP contribution in [0.5, 0.6) is 0 Å². The van der Waals surface area contributed by atoms with Crippen molar-refractivity contribution in [3.8, 4) is 11.1 Å². The van der Waals surface area contributed by atoms with E-state index in [0.29, 0.717) is 28.1 Å². The van der Waals surface area contributed by atoms with Crippen LogP contribution >= 0.6 is 0 Å². The average Bonchev–Trinajstić information content (AvgIpc) is 3.10. The third kappa shape index (κ3) is 11.0. The summed E-state index contributed by atoms with van der Waals surface area (Å²) in [4.78, 5) is 69.4. The van der Waals surface area contributed by atoms with Crippen molar-refractivity contribution >= 4 is 35.1 Å². The molecule has 0 atom stereocenters. The molecule has 0 saturated heterocycles. The van der Waals surface area contributed by atoms with Crippen molar-refractivity contribution in [3.05, 3.63) is 153 Å². The van der Waals surface area contributed by atoms with Gasteiger partial charge in [-0.2, -0.15) is 0 Å². The highest BCUT2D eigenvalue weighted by Gasteiger charge is 2.12. The second-order valence-electron chi connectivity index (χ2n) is 10.2. The molecule has 4 N–H and O–H groups in total. The Morgan fingerprint density at radius 3 is 1.73 bits per heavy atom. The minimum absolute atomic E-state index is 0.320. The van der Waals surface area contributed by atoms with Crippen LogP contribution in [-0.4, -0.2) is 43.1 Å². The van der Waals surface area contributed by atoms with Crippen LogP contribution in [0.15, 0.2) is 125 Å². The molecule has 2 aromatic heterocycles. The van der Waals surface area contributed by atoms with Crippen molar-refractivity contribution in [2.75, 3.05) is 10.6 Å². The van der Waals surface area contributed by atoms with Gasteiger partial charge in [0.25, 0.3) is 22.9 Å². The first-order valence-corrected chi connectivity index (χ1v) is 15.2. The van der Waals surface area contributed by atoms with E-state index in [1.165, 1.54) is 30.6 Å². The number of carboxylic acid groups (broad SMARTS) is 2. The average molecular weight is 665 g/mol. The highest BCUT2D eigenvalue weighted by molar-refractivity contribution is 6.05. The SMILES string of the molecule is CC.Cc1cc(=O)n(CC(=O)O)cc1NC(=O)c1ccccc1.O=C(O)Cn1cc(NC(=O)c2cccc(-c3ccccc3)c2)ccc1=O. The van der Waals surface area contributed by atoms with Crippen molar-refractivity contribution in [1.29, 1.82) is 0 Å². The second-order valence-corrected chi connectivity index (χ2v) is 10.2. The molecule has 2 amide bonds. The number of nitrogens with zero attached hydrogens (tertiary/aromatic N) is 2. The lowest BCUT2D eigenvalue weighted by molar-refractivity contribution is -0.138. The molecule has 0 fully saturated rings. The molecular weight excluding hydrogens is 628 g/mol. The lowest BCUT2D eigenvalue weighted by Crippen LogP contribution is -2.25. The van der Waals surface area contributed by atoms with E-state index in [1.54, 1.807) is 55.5 Å². The molecule has 49 heavy (non-hydrogen) atoms. The summed E-state index contributed by atoms with van der Waals surface area (Å²) in [7, 11) is 0. The summed E-state index contributed by atoms with van der Waals surface area (Å²) >= 11 is 0. The van der Waals surface area contributed by atoms with E-state index in [2.05, 4.69) is 10.6 Å². The molecular formula is C37H36N4O8. The topological polar surface area (TPSA) is 177 Å². The summed E-state index contributed by atoms with van der Waals surface area (Å²) in [6.07, 6.45) is 2.65. The number of rotatable bonds is 9. The largest absolute Gasteiger partial charge is 0.480 e. The highest BCUT2D eigenvalue weighted by atomic mass is 16.4. The Labute approximate surface area is 281 Å². The lowest BCUT2D eigenvalue weighted by atomic mass is 10.0. The summed E-state index contributed by atoms with van der Waals surface area (Å²) in [6, 6.07) is 29.4. The first kappa shape index (κ1) is 36.9. The van der Waals surface area contributed by atoms with E-state index in [-0.39, 0.29) is 11.8 Å². The van der Waals surface area contributed by atoms with Crippen molar-refractivity contribution in [1.82, 2.24) is 9.13 Å². The molecule has 12 nitrogen and oxygen atoms in total. The molecule has 0 unspecified atom stereocenters. The number of hydrogen-bond donors (Lipinski definition) is 4. The maximum Gasteiger partial charge on any atom is 0.323 e. The Kier molecular flexibility index (Phi) is 13.5. The van der Waals surface area contributed by atoms with Gasteiger partial charge in [-0.3, -0.25) is 28.8 Å². The number of aliphatic carboxylic acids is 2. The number of anilines is 2. The van der Waals surface area contributed by atoms with Crippen LogP contribution in [0.25, 0.3) is 11.1 Å². The van der Waals surface area contributed by atoms with Gasteiger partial charge in [-0.25, -0.2) is 0 Å². The van der Waals surface area contributed by atoms with Crippen LogP contribution in [0.1, 0.15) is 40.1 Å². The van der Waals surface area contributed by atoms with Gasteiger partial charge in [0.2, 0.25) is 0 Å². The molecule has 0 aliphatic carbocycles. The zero-order valence-corrected chi connectivity index (χ0v) is 27.1. The molecule has 0 aliphatic heterocycles. The predicted octanol–water partition coefficient (Wildman–Crippen LogP) is 5.37. The summed E-state index contributed by atoms with van der Waals surface area (Å²) < 4.78 is 2.06. The molecule has 0 saturated carbocycles. The molecule has 3 aromatic carbocycles. The maximum absolute atomic E-state index is 12.5. The predicted molar refractivity (Wildman–Crippen MR) is 187 cm³/mol. The number of aromatic nitrogens is 2. The van der Waals surface area contributed by atoms with Crippen LogP contribution in [0.4, 0.5) is 11.4 Å². The Morgan fingerprint density at radius 2 is 1.12 bits per heavy atom. The van der Waals surface area contributed by atoms with Gasteiger partial charge in [0.15, 0.2) is 0 Å². The quantitative estimate of drug-likeness (QED) is 0.163. The van der Waals surface area contributed by atoms with Gasteiger partial charge in [0.1, 0.15) is 13.1 Å². The van der Waals surface area contributed by atoms with Gasteiger partial charge in [0.05, 0.1) is 11.4 Å². The molecule has 0 bridgehead atoms. The first-order chi connectivity index (χ1) is 23.5. The number of hydrogen-bond acceptors (Lipinski definition) is 6. The van der Waals surface area contributed by atoms with Crippen LogP contribution in [0.2, 0.25) is 0 Å². The van der Waals surface area contributed by atoms with E-state index < -0.39 is 36.1 Å². The van der Waals surface area contributed by atoms with E-state index >= 15 is 0 Å². The zero-order chi connectivity index (χ0) is 35.9. The van der Waals surface area contributed by atoms with Gasteiger partial charge in [-0.15, -0.1) is 0 Å². The third-order valence-corrected chi connectivity index (χ3v) is 6.70. The molecule has 0 aliphatic rings. The van der Waals surface area contributed by atoms with Crippen molar-refractivity contribution in [2.45, 2.75) is 33.9 Å². The zero-order valence-electron chi connectivity index (χ0n) is 27.1. The van der Waals surface area contributed by atoms with Crippen molar-refractivity contribution in [3.63, 3.8) is 0 Å². The van der Waals surface area contributed by atoms with Gasteiger partial charge in [-0.05, 0) is 53.9 Å². The number of aryl methyl sites for hydroxylation is 1. The second kappa shape index (κ2) is 18.0. The molecule has 0 spiro atoms. The van der Waals surface area contributed by atoms with Crippen LogP contribution < -0.4 is 21.8 Å². The smallest absolute Gasteiger partial charge is 0.323 e. The van der Waals surface area contributed by atoms with Gasteiger partial charge in [0, 0.05) is 35.7 Å². The minimum atomic E-state index is -1.13. The number of amides is 2. The molecule has 0 radical (unpaired) electrons. The minimum Gasteiger partial charge on any atom is -0.480 e. The summed E-state index contributed by atoms with van der Waals surface area (Å²) in [5.41, 5.74) is 3.31. The monoisotopic (exact) mass is 664 g/mol. The van der Waals surface area contributed by atoms with Crippen molar-refractivity contribution < 1.29 is 29.4 Å². The molecule has 2 heterocycles. The van der Waals surface area contributed by atoms with Gasteiger partial charge in [-0.1, -0.05) is 74.5 Å². The van der Waals surface area contributed by atoms with E-state index in [1.807, 2.05) is 50.2 Å². The summed E-state index contributed by atoms with van der Waals surface area (Å²) in [5, 5.41) is 23.0. The number of nitrogens with one attached hydrogen (secondary N) is 2. The maximum atomic E-state index is 12.5. The normalized spacial score (nSPS) is 9.94. The fourth-order valence-corrected chi connectivity index (χ4v) is 4.40. The van der Waals surface area contributed by atoms with E-state index in [9.17, 15) is 28.8 Å². The first-order valence-electron chi connectivity index (χ1n) is 15.2. The number of carbonyl (C=O) groups excluding carboxylic acids is 2. The number of pyridine rings is 2. The Balaban J connectivity index is 0.000000258. The van der Waals surface area contributed by atoms with E-state index in [0.717, 1.165) is 20.3 Å². The third-order valence-electron chi connectivity index (χ3n) is 6.70. The Morgan fingerprint density at radius 1 is 0.592 bits per heavy atom. The molecule has 252 valence electrons. The summed E-state index contributed by atoms with van der Waals surface area (Å²) in [6.45, 7) is 4.76. The van der Waals surface area contributed by atoms with Gasteiger partial charge < -0.3 is 30.0 Å². The van der Waals surface area contributed by atoms with Crippen LogP contribution in [-0.2, 0) is 22.7 Å². The van der Waals surface area contributed by atoms with Gasteiger partial charge >= 0.3 is 11.9 Å². The number of benzene rings is 3. The Hall–Kier alpha value is -6.56. The van der Waals surface area contributed by atoms with Crippen LogP contribution in [0.3, 0.4) is 0 Å². The van der Waals surface area contributed by atoms with E-state index in [4.69, 9.17) is 10.2 Å². The Bertz CT molecular complexity index is 2040. The fraction of sp³-hybridized carbons (Fsp3) is 0.135. The summed E-state index contributed by atoms with van der Waals surface area (Å²) in [5.74, 6) is -2.92. The highest BCUT2D eigenvalue weighted by Crippen LogP contribution is 2.20. The number of carboxylic acids is 2. The molecule has 5 aromatic rings. The van der Waals surface area contributed by atoms with Crippen LogP contribution in [0, 0.1) is 6.92 Å². The van der Waals surface area contributed by atoms with Crippen molar-refractivity contribution in [2.24, 2.45) is 0 Å². The molecule has 5 rings (SSSR count). The standard InChI is InChI=1S/C20H16N2O4.C15H14N2O4.C2H6/c23-18-10-9-17(12-22(18)13-19(24)25)21-20(26)16-8-4-7-15(11-16)14-5-2-1-3-6-14;1-10-7-13(18)17(9-14(19)20)8-12(10)16-15(21)11-5-3-2-4-6-11;1-2/h1-12H,13H2,(H,21,26)(H,24,25);2-8H,9H2,1H3,(H,16,21)(H,19,20);1-2H3. The molecule has 12 heteroatoms. The number of carbonyl (C=O) groups is 4. The lowest BCUT2D eigenvalue weighted by Gasteiger charge is -2.11.